The van der Waals surface area contributed by atoms with Crippen molar-refractivity contribution >= 4 is 11.6 Å². The van der Waals surface area contributed by atoms with E-state index in [1.807, 2.05) is 30.2 Å². The number of fused-ring (bicyclic) bond motifs is 1. The summed E-state index contributed by atoms with van der Waals surface area (Å²) in [5.41, 5.74) is 3.21. The van der Waals surface area contributed by atoms with E-state index in [0.29, 0.717) is 11.4 Å². The highest BCUT2D eigenvalue weighted by molar-refractivity contribution is 5.94. The summed E-state index contributed by atoms with van der Waals surface area (Å²) in [4.78, 5) is 23.9. The van der Waals surface area contributed by atoms with Gasteiger partial charge in [-0.1, -0.05) is 0 Å². The maximum absolute atomic E-state index is 13.1. The molecule has 1 unspecified atom stereocenters. The van der Waals surface area contributed by atoms with Crippen LogP contribution in [-0.4, -0.2) is 44.0 Å². The predicted octanol–water partition coefficient (Wildman–Crippen LogP) is 2.81. The quantitative estimate of drug-likeness (QED) is 0.725. The van der Waals surface area contributed by atoms with E-state index in [0.717, 1.165) is 42.8 Å². The average Bonchev–Trinajstić information content (AvgIpc) is 3.06. The summed E-state index contributed by atoms with van der Waals surface area (Å²) in [5.74, 6) is 0.483. The van der Waals surface area contributed by atoms with Crippen LogP contribution in [0.2, 0.25) is 0 Å². The standard InChI is InChI=1S/C19H21N5O2/c1-13-11-17-21-15(8-10-24(17)22-13)16-5-3-4-9-23(16)19(25)14-6-7-18(26-2)20-12-14/h6-8,10-12,16H,3-5,9H2,1-2H3. The van der Waals surface area contributed by atoms with Gasteiger partial charge in [0, 0.05) is 31.1 Å². The van der Waals surface area contributed by atoms with Crippen LogP contribution in [-0.2, 0) is 0 Å². The summed E-state index contributed by atoms with van der Waals surface area (Å²) in [6, 6.07) is 7.36. The predicted molar refractivity (Wildman–Crippen MR) is 96.1 cm³/mol. The Kier molecular flexibility index (Phi) is 4.28. The Labute approximate surface area is 151 Å². The Morgan fingerprint density at radius 1 is 1.27 bits per heavy atom. The molecule has 4 rings (SSSR count). The summed E-state index contributed by atoms with van der Waals surface area (Å²) in [5, 5.41) is 4.37. The second kappa shape index (κ2) is 6.74. The molecule has 0 aliphatic carbocycles. The Hall–Kier alpha value is -2.96. The van der Waals surface area contributed by atoms with Gasteiger partial charge in [0.1, 0.15) is 0 Å². The first kappa shape index (κ1) is 16.5. The number of nitrogens with zero attached hydrogens (tertiary/aromatic N) is 5. The van der Waals surface area contributed by atoms with Gasteiger partial charge in [0.15, 0.2) is 5.65 Å². The molecular formula is C19H21N5O2. The van der Waals surface area contributed by atoms with Crippen LogP contribution in [0, 0.1) is 6.92 Å². The van der Waals surface area contributed by atoms with Gasteiger partial charge in [-0.15, -0.1) is 0 Å². The lowest BCUT2D eigenvalue weighted by molar-refractivity contribution is 0.0605. The highest BCUT2D eigenvalue weighted by atomic mass is 16.5. The van der Waals surface area contributed by atoms with Gasteiger partial charge in [-0.05, 0) is 38.3 Å². The van der Waals surface area contributed by atoms with Gasteiger partial charge in [-0.3, -0.25) is 4.79 Å². The number of aryl methyl sites for hydroxylation is 1. The molecule has 0 spiro atoms. The minimum atomic E-state index is -0.0291. The van der Waals surface area contributed by atoms with E-state index in [9.17, 15) is 4.79 Å². The van der Waals surface area contributed by atoms with Gasteiger partial charge in [0.05, 0.1) is 30.1 Å². The van der Waals surface area contributed by atoms with Crippen LogP contribution in [0.1, 0.15) is 47.1 Å². The van der Waals surface area contributed by atoms with Crippen LogP contribution < -0.4 is 4.74 Å². The van der Waals surface area contributed by atoms with E-state index in [2.05, 4.69) is 10.1 Å². The van der Waals surface area contributed by atoms with Crippen LogP contribution >= 0.6 is 0 Å². The molecule has 1 saturated heterocycles. The molecule has 0 aromatic carbocycles. The molecule has 0 saturated carbocycles. The highest BCUT2D eigenvalue weighted by Gasteiger charge is 2.30. The Morgan fingerprint density at radius 2 is 2.15 bits per heavy atom. The molecule has 134 valence electrons. The number of methoxy groups -OCH3 is 1. The molecule has 1 aliphatic heterocycles. The van der Waals surface area contributed by atoms with Crippen LogP contribution in [0.3, 0.4) is 0 Å². The lowest BCUT2D eigenvalue weighted by atomic mass is 9.98. The van der Waals surface area contributed by atoms with E-state index < -0.39 is 0 Å². The minimum absolute atomic E-state index is 0.0174. The second-order valence-corrected chi connectivity index (χ2v) is 6.54. The van der Waals surface area contributed by atoms with Gasteiger partial charge < -0.3 is 9.64 Å². The van der Waals surface area contributed by atoms with Crippen molar-refractivity contribution in [3.8, 4) is 5.88 Å². The Bertz CT molecular complexity index is 935. The Balaban J connectivity index is 1.65. The van der Waals surface area contributed by atoms with Crippen molar-refractivity contribution in [2.45, 2.75) is 32.2 Å². The number of carbonyl (C=O) groups excluding carboxylic acids is 1. The SMILES string of the molecule is COc1ccc(C(=O)N2CCCCC2c2ccn3nc(C)cc3n2)cn1. The number of likely N-dealkylation sites (tertiary alicyclic amines) is 1. The molecule has 1 atom stereocenters. The van der Waals surface area contributed by atoms with Gasteiger partial charge >= 0.3 is 0 Å². The number of amides is 1. The van der Waals surface area contributed by atoms with E-state index >= 15 is 0 Å². The third kappa shape index (κ3) is 3.00. The molecule has 0 radical (unpaired) electrons. The molecule has 4 heterocycles. The van der Waals surface area contributed by atoms with Crippen LogP contribution in [0.25, 0.3) is 5.65 Å². The number of aromatic nitrogens is 4. The molecule has 1 aliphatic rings. The van der Waals surface area contributed by atoms with Gasteiger partial charge in [0.2, 0.25) is 5.88 Å². The fourth-order valence-electron chi connectivity index (χ4n) is 3.47. The summed E-state index contributed by atoms with van der Waals surface area (Å²) < 4.78 is 6.84. The summed E-state index contributed by atoms with van der Waals surface area (Å²) >= 11 is 0. The summed E-state index contributed by atoms with van der Waals surface area (Å²) in [7, 11) is 1.56. The topological polar surface area (TPSA) is 72.6 Å². The fraction of sp³-hybridized carbons (Fsp3) is 0.368. The molecule has 1 amide bonds. The second-order valence-electron chi connectivity index (χ2n) is 6.54. The minimum Gasteiger partial charge on any atom is -0.481 e. The fourth-order valence-corrected chi connectivity index (χ4v) is 3.47. The van der Waals surface area contributed by atoms with Crippen LogP contribution in [0.5, 0.6) is 5.88 Å². The zero-order valence-electron chi connectivity index (χ0n) is 14.9. The van der Waals surface area contributed by atoms with Gasteiger partial charge in [-0.25, -0.2) is 14.5 Å². The summed E-state index contributed by atoms with van der Waals surface area (Å²) in [6.45, 7) is 2.67. The molecule has 0 bridgehead atoms. The molecule has 3 aromatic rings. The number of rotatable bonds is 3. The van der Waals surface area contributed by atoms with Crippen molar-refractivity contribution in [1.82, 2.24) is 24.5 Å². The van der Waals surface area contributed by atoms with Crippen molar-refractivity contribution in [3.63, 3.8) is 0 Å². The first-order valence-corrected chi connectivity index (χ1v) is 8.79. The largest absolute Gasteiger partial charge is 0.481 e. The number of ether oxygens (including phenoxy) is 1. The van der Waals surface area contributed by atoms with E-state index in [4.69, 9.17) is 9.72 Å². The lowest BCUT2D eigenvalue weighted by Crippen LogP contribution is -2.39. The molecule has 26 heavy (non-hydrogen) atoms. The first-order valence-electron chi connectivity index (χ1n) is 8.79. The first-order chi connectivity index (χ1) is 12.7. The number of hydrogen-bond donors (Lipinski definition) is 0. The highest BCUT2D eigenvalue weighted by Crippen LogP contribution is 2.31. The van der Waals surface area contributed by atoms with E-state index in [-0.39, 0.29) is 11.9 Å². The number of piperidine rings is 1. The smallest absolute Gasteiger partial charge is 0.255 e. The van der Waals surface area contributed by atoms with Crippen LogP contribution in [0.15, 0.2) is 36.7 Å². The lowest BCUT2D eigenvalue weighted by Gasteiger charge is -2.35. The van der Waals surface area contributed by atoms with Crippen molar-refractivity contribution in [2.24, 2.45) is 0 Å². The monoisotopic (exact) mass is 351 g/mol. The molecule has 1 fully saturated rings. The third-order valence-electron chi connectivity index (χ3n) is 4.77. The molecule has 7 heteroatoms. The normalized spacial score (nSPS) is 17.5. The number of pyridine rings is 1. The molecular weight excluding hydrogens is 330 g/mol. The number of carbonyl (C=O) groups is 1. The zero-order valence-corrected chi connectivity index (χ0v) is 14.9. The Morgan fingerprint density at radius 3 is 2.92 bits per heavy atom. The molecule has 7 nitrogen and oxygen atoms in total. The number of hydrogen-bond acceptors (Lipinski definition) is 5. The van der Waals surface area contributed by atoms with Crippen molar-refractivity contribution in [2.75, 3.05) is 13.7 Å². The molecule has 0 N–H and O–H groups in total. The van der Waals surface area contributed by atoms with Gasteiger partial charge in [0.25, 0.3) is 5.91 Å². The van der Waals surface area contributed by atoms with Crippen molar-refractivity contribution < 1.29 is 9.53 Å². The third-order valence-corrected chi connectivity index (χ3v) is 4.77. The molecule has 3 aromatic heterocycles. The van der Waals surface area contributed by atoms with Crippen molar-refractivity contribution in [3.05, 3.63) is 53.6 Å². The van der Waals surface area contributed by atoms with Crippen molar-refractivity contribution in [1.29, 1.82) is 0 Å². The zero-order chi connectivity index (χ0) is 18.1. The van der Waals surface area contributed by atoms with E-state index in [1.165, 1.54) is 0 Å². The maximum Gasteiger partial charge on any atom is 0.255 e. The van der Waals surface area contributed by atoms with E-state index in [1.54, 1.807) is 30.0 Å². The summed E-state index contributed by atoms with van der Waals surface area (Å²) in [6.07, 6.45) is 6.48. The van der Waals surface area contributed by atoms with Gasteiger partial charge in [-0.2, -0.15) is 5.10 Å². The maximum atomic E-state index is 13.1. The van der Waals surface area contributed by atoms with Crippen LogP contribution in [0.4, 0.5) is 0 Å². The average molecular weight is 351 g/mol.